The molecule has 1 aromatic carbocycles. The van der Waals surface area contributed by atoms with Crippen molar-refractivity contribution in [1.29, 1.82) is 0 Å². The molecule has 0 unspecified atom stereocenters. The molecule has 23 heavy (non-hydrogen) atoms. The first kappa shape index (κ1) is 14.9. The van der Waals surface area contributed by atoms with Crippen LogP contribution in [0.3, 0.4) is 0 Å². The number of furan rings is 1. The summed E-state index contributed by atoms with van der Waals surface area (Å²) in [4.78, 5) is 16.1. The number of aryl methyl sites for hydroxylation is 1. The summed E-state index contributed by atoms with van der Waals surface area (Å²) in [6.45, 7) is 3.03. The van der Waals surface area contributed by atoms with Crippen LogP contribution in [0.5, 0.6) is 5.75 Å². The van der Waals surface area contributed by atoms with Crippen LogP contribution in [0.15, 0.2) is 59.7 Å². The summed E-state index contributed by atoms with van der Waals surface area (Å²) < 4.78 is 12.8. The van der Waals surface area contributed by atoms with Crippen LogP contribution in [0, 0.1) is 6.92 Å². The van der Waals surface area contributed by atoms with Gasteiger partial charge in [-0.1, -0.05) is 6.07 Å². The lowest BCUT2D eigenvalue weighted by molar-refractivity contribution is 0.102. The van der Waals surface area contributed by atoms with Crippen LogP contribution >= 0.6 is 0 Å². The van der Waals surface area contributed by atoms with E-state index in [1.807, 2.05) is 29.0 Å². The number of hydrogen-bond acceptors (Lipinski definition) is 4. The zero-order valence-electron chi connectivity index (χ0n) is 12.7. The molecule has 2 heterocycles. The lowest BCUT2D eigenvalue weighted by Crippen LogP contribution is -2.11. The van der Waals surface area contributed by atoms with E-state index >= 15 is 0 Å². The number of nitrogens with zero attached hydrogens (tertiary/aromatic N) is 2. The molecule has 0 aliphatic rings. The molecule has 0 bridgehead atoms. The number of carbonyl (C=O) groups excluding carboxylic acids is 1. The second-order valence-electron chi connectivity index (χ2n) is 5.08. The summed E-state index contributed by atoms with van der Waals surface area (Å²) in [5, 5.41) is 2.82. The average Bonchev–Trinajstić information content (AvgIpc) is 3.19. The fraction of sp³-hybridized carbons (Fsp3) is 0.176. The van der Waals surface area contributed by atoms with Gasteiger partial charge in [-0.25, -0.2) is 4.98 Å². The van der Waals surface area contributed by atoms with Crippen molar-refractivity contribution in [3.63, 3.8) is 0 Å². The minimum absolute atomic E-state index is 0.211. The lowest BCUT2D eigenvalue weighted by Gasteiger charge is -2.09. The van der Waals surface area contributed by atoms with E-state index in [0.29, 0.717) is 35.9 Å². The summed E-state index contributed by atoms with van der Waals surface area (Å²) in [5.41, 5.74) is 1.17. The van der Waals surface area contributed by atoms with Crippen molar-refractivity contribution < 1.29 is 13.9 Å². The highest BCUT2D eigenvalue weighted by atomic mass is 16.5. The van der Waals surface area contributed by atoms with Gasteiger partial charge in [-0.15, -0.1) is 0 Å². The van der Waals surface area contributed by atoms with Gasteiger partial charge in [-0.2, -0.15) is 0 Å². The van der Waals surface area contributed by atoms with Gasteiger partial charge < -0.3 is 19.0 Å². The predicted octanol–water partition coefficient (Wildman–Crippen LogP) is 3.12. The number of carbonyl (C=O) groups is 1. The molecule has 0 fully saturated rings. The van der Waals surface area contributed by atoms with Gasteiger partial charge in [0, 0.05) is 24.1 Å². The maximum atomic E-state index is 12.1. The molecule has 1 amide bonds. The number of benzene rings is 1. The van der Waals surface area contributed by atoms with Crippen LogP contribution in [0.1, 0.15) is 16.1 Å². The second-order valence-corrected chi connectivity index (χ2v) is 5.08. The Morgan fingerprint density at radius 1 is 1.39 bits per heavy atom. The molecule has 0 spiro atoms. The minimum Gasteiger partial charge on any atom is -0.492 e. The number of anilines is 1. The van der Waals surface area contributed by atoms with Gasteiger partial charge in [0.15, 0.2) is 0 Å². The normalized spacial score (nSPS) is 10.5. The van der Waals surface area contributed by atoms with E-state index in [2.05, 4.69) is 10.3 Å². The predicted molar refractivity (Wildman–Crippen MR) is 85.6 cm³/mol. The maximum Gasteiger partial charge on any atom is 0.258 e. The van der Waals surface area contributed by atoms with Crippen LogP contribution in [0.4, 0.5) is 5.69 Å². The fourth-order valence-corrected chi connectivity index (χ4v) is 2.12. The Kier molecular flexibility index (Phi) is 4.42. The van der Waals surface area contributed by atoms with Crippen molar-refractivity contribution >= 4 is 11.6 Å². The van der Waals surface area contributed by atoms with E-state index < -0.39 is 0 Å². The number of ether oxygens (including phenoxy) is 1. The molecule has 6 nitrogen and oxygen atoms in total. The molecule has 6 heteroatoms. The molecule has 0 saturated carbocycles. The Labute approximate surface area is 133 Å². The first-order valence-electron chi connectivity index (χ1n) is 7.26. The first-order chi connectivity index (χ1) is 11.2. The highest BCUT2D eigenvalue weighted by Crippen LogP contribution is 2.18. The van der Waals surface area contributed by atoms with Crippen molar-refractivity contribution in [2.45, 2.75) is 13.5 Å². The molecule has 2 aromatic heterocycles. The number of amides is 1. The van der Waals surface area contributed by atoms with E-state index in [4.69, 9.17) is 9.15 Å². The highest BCUT2D eigenvalue weighted by Gasteiger charge is 2.09. The minimum atomic E-state index is -0.211. The Morgan fingerprint density at radius 3 is 3.04 bits per heavy atom. The van der Waals surface area contributed by atoms with E-state index in [-0.39, 0.29) is 5.91 Å². The van der Waals surface area contributed by atoms with E-state index in [9.17, 15) is 4.79 Å². The smallest absolute Gasteiger partial charge is 0.258 e. The Hall–Kier alpha value is -3.02. The highest BCUT2D eigenvalue weighted by molar-refractivity contribution is 6.04. The molecule has 118 valence electrons. The molecule has 0 aliphatic carbocycles. The van der Waals surface area contributed by atoms with Crippen molar-refractivity contribution in [3.8, 4) is 5.75 Å². The molecule has 3 rings (SSSR count). The molecule has 0 aliphatic heterocycles. The summed E-state index contributed by atoms with van der Waals surface area (Å²) in [7, 11) is 0. The first-order valence-corrected chi connectivity index (χ1v) is 7.26. The number of nitrogens with one attached hydrogen (secondary N) is 1. The molecule has 1 N–H and O–H groups in total. The molecule has 3 aromatic rings. The van der Waals surface area contributed by atoms with Gasteiger partial charge >= 0.3 is 0 Å². The third kappa shape index (κ3) is 4.00. The van der Waals surface area contributed by atoms with Crippen molar-refractivity contribution in [3.05, 3.63) is 66.6 Å². The monoisotopic (exact) mass is 311 g/mol. The molecule has 0 radical (unpaired) electrons. The topological polar surface area (TPSA) is 69.3 Å². The SMILES string of the molecule is Cc1cc(C(=O)Nc2cccc(OCCn3ccnc3)c2)co1. The molecular weight excluding hydrogens is 294 g/mol. The second kappa shape index (κ2) is 6.83. The van der Waals surface area contributed by atoms with Crippen molar-refractivity contribution in [1.82, 2.24) is 9.55 Å². The van der Waals surface area contributed by atoms with Gasteiger partial charge in [-0.05, 0) is 25.1 Å². The van der Waals surface area contributed by atoms with E-state index in [0.717, 1.165) is 0 Å². The quantitative estimate of drug-likeness (QED) is 0.759. The fourth-order valence-electron chi connectivity index (χ4n) is 2.12. The van der Waals surface area contributed by atoms with Crippen LogP contribution in [0.2, 0.25) is 0 Å². The summed E-state index contributed by atoms with van der Waals surface area (Å²) >= 11 is 0. The Balaban J connectivity index is 1.57. The van der Waals surface area contributed by atoms with Gasteiger partial charge in [0.25, 0.3) is 5.91 Å². The van der Waals surface area contributed by atoms with Gasteiger partial charge in [0.2, 0.25) is 0 Å². The van der Waals surface area contributed by atoms with Crippen LogP contribution in [-0.4, -0.2) is 22.1 Å². The largest absolute Gasteiger partial charge is 0.492 e. The van der Waals surface area contributed by atoms with Gasteiger partial charge in [0.05, 0.1) is 18.4 Å². The third-order valence-electron chi connectivity index (χ3n) is 3.26. The summed E-state index contributed by atoms with van der Waals surface area (Å²) in [6.07, 6.45) is 6.80. The molecule has 0 saturated heterocycles. The number of hydrogen-bond donors (Lipinski definition) is 1. The summed E-state index contributed by atoms with van der Waals surface area (Å²) in [6, 6.07) is 8.99. The Morgan fingerprint density at radius 2 is 2.30 bits per heavy atom. The maximum absolute atomic E-state index is 12.1. The van der Waals surface area contributed by atoms with Crippen molar-refractivity contribution in [2.75, 3.05) is 11.9 Å². The zero-order valence-corrected chi connectivity index (χ0v) is 12.7. The van der Waals surface area contributed by atoms with Crippen LogP contribution < -0.4 is 10.1 Å². The molecule has 0 atom stereocenters. The van der Waals surface area contributed by atoms with Crippen LogP contribution in [0.25, 0.3) is 0 Å². The standard InChI is InChI=1S/C17H17N3O3/c1-13-9-14(11-23-13)17(21)19-15-3-2-4-16(10-15)22-8-7-20-6-5-18-12-20/h2-6,9-12H,7-8H2,1H3,(H,19,21). The van der Waals surface area contributed by atoms with Gasteiger partial charge in [-0.3, -0.25) is 4.79 Å². The van der Waals surface area contributed by atoms with E-state index in [1.165, 1.54) is 6.26 Å². The van der Waals surface area contributed by atoms with Gasteiger partial charge in [0.1, 0.15) is 24.4 Å². The third-order valence-corrected chi connectivity index (χ3v) is 3.26. The van der Waals surface area contributed by atoms with Crippen molar-refractivity contribution in [2.24, 2.45) is 0 Å². The average molecular weight is 311 g/mol. The Bertz CT molecular complexity index is 778. The van der Waals surface area contributed by atoms with E-state index in [1.54, 1.807) is 31.6 Å². The van der Waals surface area contributed by atoms with Crippen LogP contribution in [-0.2, 0) is 6.54 Å². The number of rotatable bonds is 6. The zero-order chi connectivity index (χ0) is 16.1. The summed E-state index contributed by atoms with van der Waals surface area (Å²) in [5.74, 6) is 1.19. The number of aromatic nitrogens is 2. The number of imidazole rings is 1. The molecular formula is C17H17N3O3. The lowest BCUT2D eigenvalue weighted by atomic mass is 10.2.